The molecule has 3 nitrogen and oxygen atoms in total. The maximum absolute atomic E-state index is 4.78. The Morgan fingerprint density at radius 3 is 2.52 bits per heavy atom. The average Bonchev–Trinajstić information content (AvgIpc) is 2.53. The Kier molecular flexibility index (Phi) is 6.05. The first-order valence-electron chi connectivity index (χ1n) is 7.50. The minimum absolute atomic E-state index is 0.859. The highest BCUT2D eigenvalue weighted by Gasteiger charge is 2.12. The summed E-state index contributed by atoms with van der Waals surface area (Å²) >= 11 is 1.85. The number of nitrogens with one attached hydrogen (secondary N) is 1. The molecule has 0 aliphatic rings. The van der Waals surface area contributed by atoms with Crippen molar-refractivity contribution in [3.63, 3.8) is 0 Å². The van der Waals surface area contributed by atoms with Crippen LogP contribution in [0.2, 0.25) is 0 Å². The van der Waals surface area contributed by atoms with E-state index in [0.29, 0.717) is 0 Å². The third-order valence-electron chi connectivity index (χ3n) is 3.22. The number of aromatic nitrogens is 2. The topological polar surface area (TPSA) is 37.8 Å². The first kappa shape index (κ1) is 15.8. The second-order valence-electron chi connectivity index (χ2n) is 4.89. The van der Waals surface area contributed by atoms with E-state index >= 15 is 0 Å². The van der Waals surface area contributed by atoms with Crippen LogP contribution >= 0.6 is 11.8 Å². The second kappa shape index (κ2) is 8.03. The molecule has 1 N–H and O–H groups in total. The van der Waals surface area contributed by atoms with E-state index in [4.69, 9.17) is 9.97 Å². The van der Waals surface area contributed by atoms with Crippen LogP contribution in [-0.4, -0.2) is 22.3 Å². The number of rotatable bonds is 7. The van der Waals surface area contributed by atoms with Crippen molar-refractivity contribution in [2.24, 2.45) is 0 Å². The van der Waals surface area contributed by atoms with Crippen LogP contribution in [0.4, 0.5) is 5.82 Å². The molecule has 0 unspecified atom stereocenters. The zero-order chi connectivity index (χ0) is 15.1. The number of anilines is 1. The van der Waals surface area contributed by atoms with Crippen molar-refractivity contribution in [2.45, 2.75) is 32.9 Å². The number of thioether (sulfide) groups is 1. The van der Waals surface area contributed by atoms with Crippen molar-refractivity contribution in [1.29, 1.82) is 0 Å². The van der Waals surface area contributed by atoms with Gasteiger partial charge in [0, 0.05) is 17.7 Å². The highest BCUT2D eigenvalue weighted by molar-refractivity contribution is 7.98. The Hall–Kier alpha value is -1.55. The molecule has 2 rings (SSSR count). The predicted octanol–water partition coefficient (Wildman–Crippen LogP) is 4.53. The first-order valence-corrected chi connectivity index (χ1v) is 8.66. The molecule has 0 aliphatic heterocycles. The van der Waals surface area contributed by atoms with Gasteiger partial charge in [0.05, 0.1) is 11.4 Å². The Morgan fingerprint density at radius 2 is 1.86 bits per heavy atom. The summed E-state index contributed by atoms with van der Waals surface area (Å²) in [5.41, 5.74) is 3.32. The molecule has 0 aliphatic carbocycles. The summed E-state index contributed by atoms with van der Waals surface area (Å²) < 4.78 is 0. The van der Waals surface area contributed by atoms with Crippen LogP contribution in [0.5, 0.6) is 0 Å². The number of benzene rings is 1. The zero-order valence-corrected chi connectivity index (χ0v) is 13.8. The maximum Gasteiger partial charge on any atom is 0.141 e. The fraction of sp³-hybridized carbons (Fsp3) is 0.412. The minimum atomic E-state index is 0.859. The van der Waals surface area contributed by atoms with Gasteiger partial charge in [0.2, 0.25) is 0 Å². The number of nitrogens with zero attached hydrogens (tertiary/aromatic N) is 2. The van der Waals surface area contributed by atoms with Gasteiger partial charge in [0.25, 0.3) is 0 Å². The van der Waals surface area contributed by atoms with Crippen LogP contribution in [0.15, 0.2) is 30.3 Å². The van der Waals surface area contributed by atoms with Crippen molar-refractivity contribution < 1.29 is 0 Å². The fourth-order valence-electron chi connectivity index (χ4n) is 2.11. The zero-order valence-electron chi connectivity index (χ0n) is 13.0. The molecule has 21 heavy (non-hydrogen) atoms. The van der Waals surface area contributed by atoms with E-state index in [1.807, 2.05) is 17.8 Å². The summed E-state index contributed by atoms with van der Waals surface area (Å²) in [5, 5.41) is 3.43. The molecule has 0 bridgehead atoms. The van der Waals surface area contributed by atoms with E-state index in [1.54, 1.807) is 0 Å². The smallest absolute Gasteiger partial charge is 0.141 e. The SMILES string of the molecule is CCCNc1nc(CSCC)nc(-c2ccccc2)c1C. The molecular weight excluding hydrogens is 278 g/mol. The van der Waals surface area contributed by atoms with Gasteiger partial charge in [-0.05, 0) is 19.1 Å². The normalized spacial score (nSPS) is 10.6. The second-order valence-corrected chi connectivity index (χ2v) is 6.17. The summed E-state index contributed by atoms with van der Waals surface area (Å²) in [5.74, 6) is 3.81. The number of hydrogen-bond donors (Lipinski definition) is 1. The predicted molar refractivity (Wildman–Crippen MR) is 92.8 cm³/mol. The summed E-state index contributed by atoms with van der Waals surface area (Å²) in [6, 6.07) is 10.3. The van der Waals surface area contributed by atoms with Crippen molar-refractivity contribution in [3.8, 4) is 11.3 Å². The first-order chi connectivity index (χ1) is 10.3. The molecule has 0 atom stereocenters. The molecule has 0 spiro atoms. The molecule has 0 amide bonds. The molecule has 2 aromatic rings. The van der Waals surface area contributed by atoms with Crippen LogP contribution in [0, 0.1) is 6.92 Å². The van der Waals surface area contributed by atoms with Crippen LogP contribution in [0.1, 0.15) is 31.7 Å². The molecule has 0 fully saturated rings. The Morgan fingerprint density at radius 1 is 1.10 bits per heavy atom. The van der Waals surface area contributed by atoms with E-state index in [2.05, 4.69) is 50.4 Å². The van der Waals surface area contributed by atoms with Crippen molar-refractivity contribution in [1.82, 2.24) is 9.97 Å². The van der Waals surface area contributed by atoms with Gasteiger partial charge >= 0.3 is 0 Å². The molecule has 0 radical (unpaired) electrons. The van der Waals surface area contributed by atoms with Crippen LogP contribution in [-0.2, 0) is 5.75 Å². The van der Waals surface area contributed by atoms with Gasteiger partial charge in [0.15, 0.2) is 0 Å². The molecule has 0 saturated heterocycles. The molecule has 0 saturated carbocycles. The lowest BCUT2D eigenvalue weighted by Crippen LogP contribution is -2.08. The minimum Gasteiger partial charge on any atom is -0.370 e. The standard InChI is InChI=1S/C17H23N3S/c1-4-11-18-17-13(3)16(14-9-7-6-8-10-14)19-15(20-17)12-21-5-2/h6-10H,4-5,11-12H2,1-3H3,(H,18,19,20). The molecule has 112 valence electrons. The van der Waals surface area contributed by atoms with Gasteiger partial charge in [-0.3, -0.25) is 0 Å². The third-order valence-corrected chi connectivity index (χ3v) is 4.09. The monoisotopic (exact) mass is 301 g/mol. The van der Waals surface area contributed by atoms with Crippen LogP contribution in [0.3, 0.4) is 0 Å². The van der Waals surface area contributed by atoms with Gasteiger partial charge < -0.3 is 5.32 Å². The average molecular weight is 301 g/mol. The third kappa shape index (κ3) is 4.21. The summed E-state index contributed by atoms with van der Waals surface area (Å²) in [6.07, 6.45) is 1.09. The van der Waals surface area contributed by atoms with E-state index in [9.17, 15) is 0 Å². The summed E-state index contributed by atoms with van der Waals surface area (Å²) in [4.78, 5) is 9.47. The molecule has 4 heteroatoms. The maximum atomic E-state index is 4.78. The van der Waals surface area contributed by atoms with E-state index < -0.39 is 0 Å². The fourth-order valence-corrected chi connectivity index (χ4v) is 2.63. The van der Waals surface area contributed by atoms with Crippen molar-refractivity contribution in [2.75, 3.05) is 17.6 Å². The molecule has 1 heterocycles. The Bertz CT molecular complexity index is 570. The quantitative estimate of drug-likeness (QED) is 0.815. The van der Waals surface area contributed by atoms with Crippen molar-refractivity contribution >= 4 is 17.6 Å². The van der Waals surface area contributed by atoms with Gasteiger partial charge in [-0.2, -0.15) is 11.8 Å². The highest BCUT2D eigenvalue weighted by Crippen LogP contribution is 2.26. The van der Waals surface area contributed by atoms with Gasteiger partial charge in [0.1, 0.15) is 11.6 Å². The lowest BCUT2D eigenvalue weighted by molar-refractivity contribution is 0.944. The summed E-state index contributed by atoms with van der Waals surface area (Å²) in [7, 11) is 0. The van der Waals surface area contributed by atoms with Gasteiger partial charge in [-0.25, -0.2) is 9.97 Å². The summed E-state index contributed by atoms with van der Waals surface area (Å²) in [6.45, 7) is 7.35. The Balaban J connectivity index is 2.41. The lowest BCUT2D eigenvalue weighted by atomic mass is 10.1. The van der Waals surface area contributed by atoms with Gasteiger partial charge in [-0.15, -0.1) is 0 Å². The lowest BCUT2D eigenvalue weighted by Gasteiger charge is -2.14. The van der Waals surface area contributed by atoms with Crippen LogP contribution in [0.25, 0.3) is 11.3 Å². The molecular formula is C17H23N3S. The van der Waals surface area contributed by atoms with E-state index in [-0.39, 0.29) is 0 Å². The van der Waals surface area contributed by atoms with Crippen molar-refractivity contribution in [3.05, 3.63) is 41.7 Å². The Labute approximate surface area is 131 Å². The van der Waals surface area contributed by atoms with Crippen LogP contribution < -0.4 is 5.32 Å². The number of hydrogen-bond acceptors (Lipinski definition) is 4. The van der Waals surface area contributed by atoms with E-state index in [0.717, 1.165) is 52.9 Å². The van der Waals surface area contributed by atoms with E-state index in [1.165, 1.54) is 0 Å². The molecule has 1 aromatic heterocycles. The largest absolute Gasteiger partial charge is 0.370 e. The van der Waals surface area contributed by atoms with Gasteiger partial charge in [-0.1, -0.05) is 44.2 Å². The molecule has 1 aromatic carbocycles. The highest BCUT2D eigenvalue weighted by atomic mass is 32.2.